The SMILES string of the molecule is CC.CCCCC(CC)C[n+]1ccn(CCCC)c1. The van der Waals surface area contributed by atoms with Crippen LogP contribution in [0.1, 0.15) is 73.1 Å². The summed E-state index contributed by atoms with van der Waals surface area (Å²) < 4.78 is 4.68. The molecule has 0 saturated carbocycles. The fourth-order valence-corrected chi connectivity index (χ4v) is 2.24. The summed E-state index contributed by atoms with van der Waals surface area (Å²) in [5.41, 5.74) is 0. The van der Waals surface area contributed by atoms with E-state index in [1.165, 1.54) is 45.1 Å². The van der Waals surface area contributed by atoms with Gasteiger partial charge in [-0.25, -0.2) is 9.13 Å². The Kier molecular flexibility index (Phi) is 11.7. The van der Waals surface area contributed by atoms with Crippen LogP contribution >= 0.6 is 0 Å². The van der Waals surface area contributed by atoms with Crippen molar-refractivity contribution in [1.29, 1.82) is 0 Å². The standard InChI is InChI=1S/C15H29N2.C2H6/c1-4-7-9-15(6-3)13-17-12-11-16(14-17)10-8-5-2;1-2/h11-12,14-15H,4-10,13H2,1-3H3;1-2H3/q+1;. The van der Waals surface area contributed by atoms with Crippen LogP contribution in [0.4, 0.5) is 0 Å². The van der Waals surface area contributed by atoms with E-state index in [0.717, 1.165) is 12.5 Å². The van der Waals surface area contributed by atoms with E-state index in [-0.39, 0.29) is 0 Å². The molecule has 112 valence electrons. The Morgan fingerprint density at radius 2 is 1.74 bits per heavy atom. The van der Waals surface area contributed by atoms with Crippen LogP contribution < -0.4 is 4.57 Å². The van der Waals surface area contributed by atoms with E-state index in [2.05, 4.69) is 48.6 Å². The number of hydrogen-bond donors (Lipinski definition) is 0. The van der Waals surface area contributed by atoms with Crippen molar-refractivity contribution in [2.24, 2.45) is 5.92 Å². The number of aryl methyl sites for hydroxylation is 1. The van der Waals surface area contributed by atoms with Crippen molar-refractivity contribution >= 4 is 0 Å². The summed E-state index contributed by atoms with van der Waals surface area (Å²) in [7, 11) is 0. The Balaban J connectivity index is 0.00000154. The highest BCUT2D eigenvalue weighted by Crippen LogP contribution is 2.12. The summed E-state index contributed by atoms with van der Waals surface area (Å²) in [5.74, 6) is 0.849. The summed E-state index contributed by atoms with van der Waals surface area (Å²) in [6, 6.07) is 0. The molecule has 1 unspecified atom stereocenters. The van der Waals surface area contributed by atoms with Gasteiger partial charge in [0.05, 0.1) is 13.1 Å². The Hall–Kier alpha value is -0.790. The zero-order valence-corrected chi connectivity index (χ0v) is 13.9. The number of rotatable bonds is 9. The van der Waals surface area contributed by atoms with Crippen LogP contribution in [0.3, 0.4) is 0 Å². The van der Waals surface area contributed by atoms with Gasteiger partial charge in [-0.15, -0.1) is 0 Å². The lowest BCUT2D eigenvalue weighted by Gasteiger charge is -2.11. The van der Waals surface area contributed by atoms with Crippen LogP contribution in [0.25, 0.3) is 0 Å². The van der Waals surface area contributed by atoms with Gasteiger partial charge in [0.15, 0.2) is 0 Å². The lowest BCUT2D eigenvalue weighted by atomic mass is 9.99. The molecule has 0 amide bonds. The van der Waals surface area contributed by atoms with E-state index in [1.807, 2.05) is 13.8 Å². The van der Waals surface area contributed by atoms with E-state index in [9.17, 15) is 0 Å². The first-order valence-electron chi connectivity index (χ1n) is 8.34. The van der Waals surface area contributed by atoms with Crippen LogP contribution in [0.5, 0.6) is 0 Å². The average molecular weight is 267 g/mol. The van der Waals surface area contributed by atoms with Crippen molar-refractivity contribution in [3.63, 3.8) is 0 Å². The van der Waals surface area contributed by atoms with E-state index in [0.29, 0.717) is 0 Å². The van der Waals surface area contributed by atoms with E-state index < -0.39 is 0 Å². The van der Waals surface area contributed by atoms with Crippen LogP contribution in [0.2, 0.25) is 0 Å². The molecule has 0 N–H and O–H groups in total. The molecule has 1 aromatic rings. The van der Waals surface area contributed by atoms with Crippen LogP contribution in [0, 0.1) is 5.92 Å². The zero-order chi connectivity index (χ0) is 14.5. The quantitative estimate of drug-likeness (QED) is 0.567. The van der Waals surface area contributed by atoms with Gasteiger partial charge >= 0.3 is 0 Å². The Bertz CT molecular complexity index is 291. The number of nitrogens with zero attached hydrogens (tertiary/aromatic N) is 2. The van der Waals surface area contributed by atoms with Crippen molar-refractivity contribution in [2.45, 2.75) is 86.2 Å². The molecule has 0 radical (unpaired) electrons. The lowest BCUT2D eigenvalue weighted by molar-refractivity contribution is -0.703. The van der Waals surface area contributed by atoms with Crippen LogP contribution in [-0.4, -0.2) is 4.57 Å². The molecule has 0 aliphatic rings. The molecule has 0 fully saturated rings. The monoisotopic (exact) mass is 267 g/mol. The molecule has 1 heterocycles. The highest BCUT2D eigenvalue weighted by Gasteiger charge is 2.11. The number of hydrogen-bond acceptors (Lipinski definition) is 0. The van der Waals surface area contributed by atoms with Crippen LogP contribution in [0.15, 0.2) is 18.7 Å². The Labute approximate surface area is 120 Å². The third-order valence-corrected chi connectivity index (χ3v) is 3.53. The third-order valence-electron chi connectivity index (χ3n) is 3.53. The largest absolute Gasteiger partial charge is 0.243 e. The second kappa shape index (κ2) is 12.3. The van der Waals surface area contributed by atoms with Gasteiger partial charge in [-0.3, -0.25) is 0 Å². The van der Waals surface area contributed by atoms with Gasteiger partial charge in [0.25, 0.3) is 0 Å². The van der Waals surface area contributed by atoms with Gasteiger partial charge in [-0.2, -0.15) is 0 Å². The Morgan fingerprint density at radius 3 is 2.32 bits per heavy atom. The topological polar surface area (TPSA) is 8.81 Å². The minimum Gasteiger partial charge on any atom is -0.237 e. The second-order valence-electron chi connectivity index (χ2n) is 5.12. The normalized spacial score (nSPS) is 11.8. The summed E-state index contributed by atoms with van der Waals surface area (Å²) in [4.78, 5) is 0. The smallest absolute Gasteiger partial charge is 0.237 e. The summed E-state index contributed by atoms with van der Waals surface area (Å²) >= 11 is 0. The van der Waals surface area contributed by atoms with Crippen molar-refractivity contribution in [3.8, 4) is 0 Å². The molecule has 1 atom stereocenters. The van der Waals surface area contributed by atoms with Gasteiger partial charge in [0.1, 0.15) is 12.4 Å². The number of aromatic nitrogens is 2. The minimum atomic E-state index is 0.849. The molecule has 2 heteroatoms. The molecular formula is C17H35N2+. The third kappa shape index (κ3) is 8.07. The first kappa shape index (κ1) is 18.2. The Morgan fingerprint density at radius 1 is 1.05 bits per heavy atom. The maximum atomic E-state index is 2.36. The molecule has 0 spiro atoms. The molecule has 1 aromatic heterocycles. The van der Waals surface area contributed by atoms with Crippen LogP contribution in [-0.2, 0) is 13.1 Å². The van der Waals surface area contributed by atoms with Gasteiger partial charge in [-0.1, -0.05) is 53.9 Å². The van der Waals surface area contributed by atoms with Gasteiger partial charge < -0.3 is 0 Å². The van der Waals surface area contributed by atoms with Crippen molar-refractivity contribution in [2.75, 3.05) is 0 Å². The highest BCUT2D eigenvalue weighted by molar-refractivity contribution is 4.66. The predicted octanol–water partition coefficient (Wildman–Crippen LogP) is 4.82. The number of unbranched alkanes of at least 4 members (excludes halogenated alkanes) is 2. The molecule has 0 aromatic carbocycles. The maximum absolute atomic E-state index is 2.36. The van der Waals surface area contributed by atoms with E-state index in [4.69, 9.17) is 0 Å². The minimum absolute atomic E-state index is 0.849. The number of imidazole rings is 1. The first-order valence-corrected chi connectivity index (χ1v) is 8.34. The lowest BCUT2D eigenvalue weighted by Crippen LogP contribution is -2.35. The molecular weight excluding hydrogens is 232 g/mol. The molecule has 0 bridgehead atoms. The fraction of sp³-hybridized carbons (Fsp3) is 0.824. The maximum Gasteiger partial charge on any atom is 0.243 e. The van der Waals surface area contributed by atoms with E-state index >= 15 is 0 Å². The average Bonchev–Trinajstić information content (AvgIpc) is 2.91. The predicted molar refractivity (Wildman–Crippen MR) is 84.2 cm³/mol. The summed E-state index contributed by atoms with van der Waals surface area (Å²) in [5, 5.41) is 0. The van der Waals surface area contributed by atoms with Crippen molar-refractivity contribution < 1.29 is 4.57 Å². The molecule has 0 aliphatic carbocycles. The molecule has 1 rings (SSSR count). The second-order valence-corrected chi connectivity index (χ2v) is 5.12. The molecule has 2 nitrogen and oxygen atoms in total. The van der Waals surface area contributed by atoms with Crippen molar-refractivity contribution in [1.82, 2.24) is 4.57 Å². The summed E-state index contributed by atoms with van der Waals surface area (Å²) in [6.07, 6.45) is 14.6. The molecule has 19 heavy (non-hydrogen) atoms. The molecule has 0 saturated heterocycles. The van der Waals surface area contributed by atoms with E-state index in [1.54, 1.807) is 0 Å². The highest BCUT2D eigenvalue weighted by atomic mass is 15.1. The van der Waals surface area contributed by atoms with Crippen molar-refractivity contribution in [3.05, 3.63) is 18.7 Å². The molecule has 0 aliphatic heterocycles. The zero-order valence-electron chi connectivity index (χ0n) is 13.9. The van der Waals surface area contributed by atoms with Gasteiger partial charge in [-0.05, 0) is 25.2 Å². The van der Waals surface area contributed by atoms with Gasteiger partial charge in [0, 0.05) is 0 Å². The summed E-state index contributed by atoms with van der Waals surface area (Å²) in [6.45, 7) is 13.2. The first-order chi connectivity index (χ1) is 9.30. The van der Waals surface area contributed by atoms with Gasteiger partial charge in [0.2, 0.25) is 6.33 Å². The fourth-order valence-electron chi connectivity index (χ4n) is 2.24.